The van der Waals surface area contributed by atoms with Gasteiger partial charge in [-0.1, -0.05) is 26.2 Å². The van der Waals surface area contributed by atoms with Gasteiger partial charge in [-0.15, -0.1) is 0 Å². The molecular weight excluding hydrogens is 288 g/mol. The summed E-state index contributed by atoms with van der Waals surface area (Å²) in [6.45, 7) is 4.11. The van der Waals surface area contributed by atoms with E-state index in [2.05, 4.69) is 6.92 Å². The van der Waals surface area contributed by atoms with Gasteiger partial charge < -0.3 is 15.0 Å². The van der Waals surface area contributed by atoms with Crippen molar-refractivity contribution in [1.82, 2.24) is 4.57 Å². The van der Waals surface area contributed by atoms with Gasteiger partial charge in [-0.25, -0.2) is 0 Å². The van der Waals surface area contributed by atoms with Crippen molar-refractivity contribution < 1.29 is 4.74 Å². The standard InChI is InChI=1S/C19H26N2O2/c1-4-5-6-7-8-16-12-17(22)19(13-21(16)3)23-18-10-9-15(20)11-14(18)2/h9-13H,4-8,20H2,1-3H3. The third-order valence-corrected chi connectivity index (χ3v) is 4.01. The van der Waals surface area contributed by atoms with E-state index < -0.39 is 0 Å². The number of unbranched alkanes of at least 4 members (excludes halogenated alkanes) is 3. The number of nitrogens with two attached hydrogens (primary N) is 1. The van der Waals surface area contributed by atoms with Crippen LogP contribution in [-0.2, 0) is 13.5 Å². The minimum absolute atomic E-state index is 0.0789. The Morgan fingerprint density at radius 1 is 1.13 bits per heavy atom. The van der Waals surface area contributed by atoms with Crippen LogP contribution in [0.1, 0.15) is 43.9 Å². The van der Waals surface area contributed by atoms with Crippen LogP contribution in [-0.4, -0.2) is 4.57 Å². The number of ether oxygens (including phenoxy) is 1. The monoisotopic (exact) mass is 314 g/mol. The molecule has 0 aliphatic rings. The normalized spacial score (nSPS) is 10.7. The van der Waals surface area contributed by atoms with Crippen LogP contribution in [0.4, 0.5) is 5.69 Å². The van der Waals surface area contributed by atoms with Crippen LogP contribution < -0.4 is 15.9 Å². The van der Waals surface area contributed by atoms with E-state index in [4.69, 9.17) is 10.5 Å². The number of hydrogen-bond donors (Lipinski definition) is 1. The van der Waals surface area contributed by atoms with E-state index in [0.29, 0.717) is 17.2 Å². The van der Waals surface area contributed by atoms with Gasteiger partial charge in [-0.2, -0.15) is 0 Å². The quantitative estimate of drug-likeness (QED) is 0.616. The highest BCUT2D eigenvalue weighted by atomic mass is 16.5. The van der Waals surface area contributed by atoms with Crippen molar-refractivity contribution >= 4 is 5.69 Å². The van der Waals surface area contributed by atoms with Gasteiger partial charge in [-0.05, 0) is 43.5 Å². The SMILES string of the molecule is CCCCCCc1cc(=O)c(Oc2ccc(N)cc2C)cn1C. The minimum atomic E-state index is -0.0789. The Kier molecular flexibility index (Phi) is 5.85. The van der Waals surface area contributed by atoms with E-state index in [1.165, 1.54) is 19.3 Å². The van der Waals surface area contributed by atoms with Gasteiger partial charge in [0.05, 0.1) is 6.20 Å². The lowest BCUT2D eigenvalue weighted by Gasteiger charge is -2.13. The number of aryl methyl sites for hydroxylation is 3. The number of nitrogen functional groups attached to an aromatic ring is 1. The number of nitrogens with zero attached hydrogens (tertiary/aromatic N) is 1. The van der Waals surface area contributed by atoms with E-state index in [1.54, 1.807) is 24.4 Å². The van der Waals surface area contributed by atoms with Crippen molar-refractivity contribution in [2.45, 2.75) is 46.0 Å². The van der Waals surface area contributed by atoms with Crippen LogP contribution in [0.15, 0.2) is 35.3 Å². The molecule has 4 nitrogen and oxygen atoms in total. The molecule has 1 aromatic carbocycles. The maximum absolute atomic E-state index is 12.3. The molecule has 124 valence electrons. The molecule has 2 aromatic rings. The lowest BCUT2D eigenvalue weighted by atomic mass is 10.1. The van der Waals surface area contributed by atoms with Gasteiger partial charge in [0, 0.05) is 24.5 Å². The first-order valence-corrected chi connectivity index (χ1v) is 8.24. The molecule has 0 fully saturated rings. The van der Waals surface area contributed by atoms with E-state index in [0.717, 1.165) is 24.1 Å². The average Bonchev–Trinajstić information content (AvgIpc) is 2.50. The second-order valence-electron chi connectivity index (χ2n) is 6.04. The minimum Gasteiger partial charge on any atom is -0.451 e. The van der Waals surface area contributed by atoms with Crippen molar-refractivity contribution in [3.8, 4) is 11.5 Å². The fraction of sp³-hybridized carbons (Fsp3) is 0.421. The highest BCUT2D eigenvalue weighted by Crippen LogP contribution is 2.24. The lowest BCUT2D eigenvalue weighted by Crippen LogP contribution is -2.12. The fourth-order valence-electron chi connectivity index (χ4n) is 2.61. The van der Waals surface area contributed by atoms with Crippen molar-refractivity contribution in [2.24, 2.45) is 7.05 Å². The molecule has 4 heteroatoms. The summed E-state index contributed by atoms with van der Waals surface area (Å²) in [6.07, 6.45) is 7.46. The molecule has 0 amide bonds. The summed E-state index contributed by atoms with van der Waals surface area (Å²) in [5.41, 5.74) is 8.31. The Hall–Kier alpha value is -2.23. The zero-order valence-corrected chi connectivity index (χ0v) is 14.3. The van der Waals surface area contributed by atoms with Crippen molar-refractivity contribution in [3.63, 3.8) is 0 Å². The van der Waals surface area contributed by atoms with Crippen molar-refractivity contribution in [1.29, 1.82) is 0 Å². The first-order valence-electron chi connectivity index (χ1n) is 8.24. The number of anilines is 1. The van der Waals surface area contributed by atoms with Crippen molar-refractivity contribution in [2.75, 3.05) is 5.73 Å². The van der Waals surface area contributed by atoms with E-state index in [-0.39, 0.29) is 5.43 Å². The van der Waals surface area contributed by atoms with Crippen LogP contribution in [0.25, 0.3) is 0 Å². The molecule has 23 heavy (non-hydrogen) atoms. The lowest BCUT2D eigenvalue weighted by molar-refractivity contribution is 0.467. The van der Waals surface area contributed by atoms with Crippen LogP contribution in [0.3, 0.4) is 0 Å². The van der Waals surface area contributed by atoms with Gasteiger partial charge in [-0.3, -0.25) is 4.79 Å². The number of rotatable bonds is 7. The summed E-state index contributed by atoms with van der Waals surface area (Å²) < 4.78 is 7.77. The second-order valence-corrected chi connectivity index (χ2v) is 6.04. The molecule has 0 unspecified atom stereocenters. The molecule has 0 bridgehead atoms. The van der Waals surface area contributed by atoms with Crippen LogP contribution in [0, 0.1) is 6.92 Å². The molecule has 2 rings (SSSR count). The molecule has 0 aliphatic carbocycles. The number of benzene rings is 1. The molecule has 0 saturated heterocycles. The maximum atomic E-state index is 12.3. The summed E-state index contributed by atoms with van der Waals surface area (Å²) >= 11 is 0. The predicted molar refractivity (Wildman–Crippen MR) is 95.2 cm³/mol. The van der Waals surface area contributed by atoms with Gasteiger partial charge in [0.25, 0.3) is 0 Å². The average molecular weight is 314 g/mol. The van der Waals surface area contributed by atoms with E-state index in [1.807, 2.05) is 24.6 Å². The Morgan fingerprint density at radius 3 is 2.61 bits per heavy atom. The first kappa shape index (κ1) is 17.1. The molecule has 2 N–H and O–H groups in total. The van der Waals surface area contributed by atoms with Crippen LogP contribution in [0.5, 0.6) is 11.5 Å². The van der Waals surface area contributed by atoms with Gasteiger partial charge in [0.15, 0.2) is 5.75 Å². The Balaban J connectivity index is 2.14. The summed E-state index contributed by atoms with van der Waals surface area (Å²) in [6, 6.07) is 7.09. The predicted octanol–water partition coefficient (Wildman–Crippen LogP) is 4.19. The Labute approximate surface area is 137 Å². The molecule has 1 aromatic heterocycles. The van der Waals surface area contributed by atoms with Gasteiger partial charge in [0.1, 0.15) is 5.75 Å². The Bertz CT molecular complexity index is 720. The zero-order valence-electron chi connectivity index (χ0n) is 14.3. The highest BCUT2D eigenvalue weighted by molar-refractivity contribution is 5.48. The summed E-state index contributed by atoms with van der Waals surface area (Å²) in [4.78, 5) is 12.3. The van der Waals surface area contributed by atoms with Gasteiger partial charge >= 0.3 is 0 Å². The highest BCUT2D eigenvalue weighted by Gasteiger charge is 2.08. The summed E-state index contributed by atoms with van der Waals surface area (Å²) in [5.74, 6) is 1.00. The largest absolute Gasteiger partial charge is 0.451 e. The van der Waals surface area contributed by atoms with Crippen LogP contribution >= 0.6 is 0 Å². The third kappa shape index (κ3) is 4.62. The molecule has 0 aliphatic heterocycles. The van der Waals surface area contributed by atoms with Gasteiger partial charge in [0.2, 0.25) is 5.43 Å². The molecule has 0 spiro atoms. The van der Waals surface area contributed by atoms with E-state index in [9.17, 15) is 4.79 Å². The second kappa shape index (κ2) is 7.86. The Morgan fingerprint density at radius 2 is 1.91 bits per heavy atom. The summed E-state index contributed by atoms with van der Waals surface area (Å²) in [5, 5.41) is 0. The topological polar surface area (TPSA) is 57.2 Å². The molecule has 1 heterocycles. The molecule has 0 radical (unpaired) electrons. The number of pyridine rings is 1. The smallest absolute Gasteiger partial charge is 0.224 e. The molecular formula is C19H26N2O2. The maximum Gasteiger partial charge on any atom is 0.224 e. The molecule has 0 atom stereocenters. The first-order chi connectivity index (χ1) is 11.0. The zero-order chi connectivity index (χ0) is 16.8. The number of hydrogen-bond acceptors (Lipinski definition) is 3. The fourth-order valence-corrected chi connectivity index (χ4v) is 2.61. The van der Waals surface area contributed by atoms with Crippen molar-refractivity contribution in [3.05, 3.63) is 51.9 Å². The van der Waals surface area contributed by atoms with E-state index >= 15 is 0 Å². The van der Waals surface area contributed by atoms with Crippen LogP contribution in [0.2, 0.25) is 0 Å². The number of aromatic nitrogens is 1. The summed E-state index contributed by atoms with van der Waals surface area (Å²) in [7, 11) is 1.96. The third-order valence-electron chi connectivity index (χ3n) is 4.01. The molecule has 0 saturated carbocycles.